The molecule has 2 N–H and O–H groups in total. The van der Waals surface area contributed by atoms with Crippen molar-refractivity contribution in [1.82, 2.24) is 9.88 Å². The van der Waals surface area contributed by atoms with Gasteiger partial charge in [0.25, 0.3) is 6.43 Å². The van der Waals surface area contributed by atoms with Gasteiger partial charge < -0.3 is 10.4 Å². The highest BCUT2D eigenvalue weighted by Crippen LogP contribution is 2.41. The van der Waals surface area contributed by atoms with Crippen molar-refractivity contribution in [2.75, 3.05) is 18.9 Å². The summed E-state index contributed by atoms with van der Waals surface area (Å²) in [5.74, 6) is -2.61. The molecule has 0 radical (unpaired) electrons. The number of halogens is 5. The summed E-state index contributed by atoms with van der Waals surface area (Å²) in [5.41, 5.74) is -1.79. The number of aliphatic hydroxyl groups excluding tert-OH is 1. The maximum absolute atomic E-state index is 13.1. The van der Waals surface area contributed by atoms with Crippen molar-refractivity contribution in [3.63, 3.8) is 0 Å². The van der Waals surface area contributed by atoms with Gasteiger partial charge in [-0.2, -0.15) is 13.2 Å². The molecule has 1 unspecified atom stereocenters. The normalized spacial score (nSPS) is 23.4. The molecule has 1 aliphatic heterocycles. The summed E-state index contributed by atoms with van der Waals surface area (Å²) in [6.07, 6.45) is -6.81. The Hall–Kier alpha value is -2.11. The van der Waals surface area contributed by atoms with Crippen molar-refractivity contribution in [3.05, 3.63) is 45.9 Å². The highest BCUT2D eigenvalue weighted by Gasteiger charge is 2.45. The van der Waals surface area contributed by atoms with Crippen LogP contribution in [0.5, 0.6) is 0 Å². The molecular formula is C17H16F5N3O2S. The second-order valence-corrected chi connectivity index (χ2v) is 7.42. The van der Waals surface area contributed by atoms with E-state index in [-0.39, 0.29) is 12.1 Å². The number of carbonyl (C=O) groups is 1. The summed E-state index contributed by atoms with van der Waals surface area (Å²) in [6.45, 7) is 0.196. The van der Waals surface area contributed by atoms with Gasteiger partial charge in [0.15, 0.2) is 0 Å². The Labute approximate surface area is 160 Å². The summed E-state index contributed by atoms with van der Waals surface area (Å²) in [4.78, 5) is 18.2. The standard InChI is InChI=1S/C17H16F5N3O2S/c1-25-6-9(12-4-8(7-28-12)14(18)19)13(16(25)27)15(26)24-11-5-23-3-2-10(11)17(20,21)22/h2-5,7,9,13-14,16,27H,6H2,1H3,(H,24,26)/t9-,13+,16?/m1/s1. The van der Waals surface area contributed by atoms with Gasteiger partial charge >= 0.3 is 6.18 Å². The number of likely N-dealkylation sites (N-methyl/N-ethyl adjacent to an activating group) is 1. The Morgan fingerprint density at radius 1 is 1.43 bits per heavy atom. The van der Waals surface area contributed by atoms with Crippen LogP contribution in [0.15, 0.2) is 29.9 Å². The lowest BCUT2D eigenvalue weighted by atomic mass is 9.92. The molecule has 1 aliphatic rings. The monoisotopic (exact) mass is 421 g/mol. The highest BCUT2D eigenvalue weighted by atomic mass is 32.1. The minimum atomic E-state index is -4.70. The average molecular weight is 421 g/mol. The molecule has 11 heteroatoms. The van der Waals surface area contributed by atoms with E-state index in [1.807, 2.05) is 0 Å². The molecule has 1 fully saturated rings. The van der Waals surface area contributed by atoms with E-state index in [1.165, 1.54) is 23.4 Å². The zero-order valence-electron chi connectivity index (χ0n) is 14.5. The zero-order chi connectivity index (χ0) is 20.6. The fourth-order valence-electron chi connectivity index (χ4n) is 3.23. The van der Waals surface area contributed by atoms with Gasteiger partial charge in [0.2, 0.25) is 5.91 Å². The molecule has 28 heavy (non-hydrogen) atoms. The van der Waals surface area contributed by atoms with E-state index >= 15 is 0 Å². The molecule has 1 saturated heterocycles. The van der Waals surface area contributed by atoms with Crippen LogP contribution in [-0.4, -0.2) is 40.7 Å². The zero-order valence-corrected chi connectivity index (χ0v) is 15.3. The average Bonchev–Trinajstić information content (AvgIpc) is 3.20. The van der Waals surface area contributed by atoms with Crippen LogP contribution in [0, 0.1) is 5.92 Å². The summed E-state index contributed by atoms with van der Waals surface area (Å²) in [6, 6.07) is 2.00. The van der Waals surface area contributed by atoms with Crippen molar-refractivity contribution < 1.29 is 31.9 Å². The first kappa shape index (κ1) is 20.6. The third-order valence-electron chi connectivity index (χ3n) is 4.64. The number of nitrogens with zero attached hydrogens (tertiary/aromatic N) is 2. The van der Waals surface area contributed by atoms with Crippen LogP contribution in [0.25, 0.3) is 0 Å². The van der Waals surface area contributed by atoms with Crippen LogP contribution in [0.1, 0.15) is 28.3 Å². The number of rotatable bonds is 4. The van der Waals surface area contributed by atoms with Crippen LogP contribution in [0.3, 0.4) is 0 Å². The second kappa shape index (κ2) is 7.72. The third kappa shape index (κ3) is 4.01. The van der Waals surface area contributed by atoms with Gasteiger partial charge in [-0.05, 0) is 24.6 Å². The molecule has 152 valence electrons. The molecule has 0 aliphatic carbocycles. The summed E-state index contributed by atoms with van der Waals surface area (Å²) < 4.78 is 65.1. The molecule has 2 aromatic rings. The Bertz CT molecular complexity index is 857. The van der Waals surface area contributed by atoms with Crippen molar-refractivity contribution >= 4 is 22.9 Å². The topological polar surface area (TPSA) is 65.5 Å². The van der Waals surface area contributed by atoms with E-state index in [4.69, 9.17) is 0 Å². The lowest BCUT2D eigenvalue weighted by Crippen LogP contribution is -2.36. The first-order valence-corrected chi connectivity index (χ1v) is 9.04. The number of hydrogen-bond donors (Lipinski definition) is 2. The molecule has 0 bridgehead atoms. The predicted molar refractivity (Wildman–Crippen MR) is 92.0 cm³/mol. The number of aromatic nitrogens is 1. The number of pyridine rings is 1. The van der Waals surface area contributed by atoms with E-state index in [0.717, 1.165) is 29.8 Å². The maximum Gasteiger partial charge on any atom is 0.418 e. The summed E-state index contributed by atoms with van der Waals surface area (Å²) in [7, 11) is 1.54. The SMILES string of the molecule is CN1C[C@H](c2cc(C(F)F)cs2)[C@@H](C(=O)Nc2cnccc2C(F)(F)F)C1O. The van der Waals surface area contributed by atoms with E-state index in [1.54, 1.807) is 0 Å². The number of nitrogens with one attached hydrogen (secondary N) is 1. The molecule has 0 saturated carbocycles. The quantitative estimate of drug-likeness (QED) is 0.739. The van der Waals surface area contributed by atoms with Crippen LogP contribution >= 0.6 is 11.3 Å². The van der Waals surface area contributed by atoms with Gasteiger partial charge in [0.1, 0.15) is 6.23 Å². The molecular weight excluding hydrogens is 405 g/mol. The van der Waals surface area contributed by atoms with Gasteiger partial charge in [0.05, 0.1) is 23.4 Å². The molecule has 0 aromatic carbocycles. The van der Waals surface area contributed by atoms with Crippen LogP contribution in [-0.2, 0) is 11.0 Å². The number of hydrogen-bond acceptors (Lipinski definition) is 5. The van der Waals surface area contributed by atoms with Crippen molar-refractivity contribution in [3.8, 4) is 0 Å². The molecule has 0 spiro atoms. The number of alkyl halides is 5. The number of amides is 1. The van der Waals surface area contributed by atoms with E-state index in [2.05, 4.69) is 10.3 Å². The number of aliphatic hydroxyl groups is 1. The minimum absolute atomic E-state index is 0.196. The first-order valence-electron chi connectivity index (χ1n) is 8.16. The van der Waals surface area contributed by atoms with Gasteiger partial charge in [0, 0.05) is 29.1 Å². The molecule has 5 nitrogen and oxygen atoms in total. The number of thiophene rings is 1. The minimum Gasteiger partial charge on any atom is -0.378 e. The lowest BCUT2D eigenvalue weighted by molar-refractivity contribution is -0.137. The summed E-state index contributed by atoms with van der Waals surface area (Å²) >= 11 is 1.02. The van der Waals surface area contributed by atoms with Crippen molar-refractivity contribution in [2.45, 2.75) is 24.7 Å². The predicted octanol–water partition coefficient (Wildman–Crippen LogP) is 3.70. The highest BCUT2D eigenvalue weighted by molar-refractivity contribution is 7.10. The summed E-state index contributed by atoms with van der Waals surface area (Å²) in [5, 5.41) is 13.8. The largest absolute Gasteiger partial charge is 0.418 e. The third-order valence-corrected chi connectivity index (χ3v) is 5.72. The fourth-order valence-corrected chi connectivity index (χ4v) is 4.28. The van der Waals surface area contributed by atoms with Gasteiger partial charge in [-0.25, -0.2) is 8.78 Å². The van der Waals surface area contributed by atoms with E-state index in [0.29, 0.717) is 4.88 Å². The van der Waals surface area contributed by atoms with Gasteiger partial charge in [-0.1, -0.05) is 0 Å². The smallest absolute Gasteiger partial charge is 0.378 e. The maximum atomic E-state index is 13.1. The molecule has 1 amide bonds. The van der Waals surface area contributed by atoms with Crippen LogP contribution in [0.4, 0.5) is 27.6 Å². The Kier molecular flexibility index (Phi) is 5.69. The Morgan fingerprint density at radius 3 is 2.75 bits per heavy atom. The van der Waals surface area contributed by atoms with Crippen molar-refractivity contribution in [2.24, 2.45) is 5.92 Å². The Morgan fingerprint density at radius 2 is 2.14 bits per heavy atom. The molecule has 3 heterocycles. The van der Waals surface area contributed by atoms with Gasteiger partial charge in [-0.3, -0.25) is 14.7 Å². The lowest BCUT2D eigenvalue weighted by Gasteiger charge is -2.22. The Balaban J connectivity index is 1.88. The first-order chi connectivity index (χ1) is 13.1. The van der Waals surface area contributed by atoms with Crippen LogP contribution in [0.2, 0.25) is 0 Å². The van der Waals surface area contributed by atoms with Gasteiger partial charge in [-0.15, -0.1) is 11.3 Å². The molecule has 3 rings (SSSR count). The molecule has 3 atom stereocenters. The number of likely N-dealkylation sites (tertiary alicyclic amines) is 1. The fraction of sp³-hybridized carbons (Fsp3) is 0.412. The number of carbonyl (C=O) groups excluding carboxylic acids is 1. The van der Waals surface area contributed by atoms with Crippen molar-refractivity contribution in [1.29, 1.82) is 0 Å². The van der Waals surface area contributed by atoms with Crippen LogP contribution < -0.4 is 5.32 Å². The van der Waals surface area contributed by atoms with E-state index in [9.17, 15) is 31.9 Å². The molecule has 2 aromatic heterocycles. The van der Waals surface area contributed by atoms with E-state index < -0.39 is 47.8 Å². The second-order valence-electron chi connectivity index (χ2n) is 6.48. The number of anilines is 1.